The maximum atomic E-state index is 10.7. The molecule has 5 nitrogen and oxygen atoms in total. The first-order chi connectivity index (χ1) is 7.95. The molecule has 0 fully saturated rings. The van der Waals surface area contributed by atoms with E-state index in [1.807, 2.05) is 0 Å². The first-order valence-corrected chi connectivity index (χ1v) is 6.59. The Labute approximate surface area is 111 Å². The van der Waals surface area contributed by atoms with E-state index in [1.54, 1.807) is 13.0 Å². The second-order valence-electron chi connectivity index (χ2n) is 3.47. The molecule has 7 heteroatoms. The molecule has 0 bridgehead atoms. The van der Waals surface area contributed by atoms with Crippen molar-refractivity contribution < 1.29 is 15.1 Å². The molecule has 1 aromatic rings. The zero-order chi connectivity index (χ0) is 13.0. The number of nitrogens with zero attached hydrogens (tertiary/aromatic N) is 1. The lowest BCUT2D eigenvalue weighted by Gasteiger charge is -2.09. The van der Waals surface area contributed by atoms with Gasteiger partial charge in [-0.25, -0.2) is 0 Å². The predicted molar refractivity (Wildman–Crippen MR) is 69.4 cm³/mol. The Kier molecular flexibility index (Phi) is 5.38. The molecule has 1 atom stereocenters. The summed E-state index contributed by atoms with van der Waals surface area (Å²) in [7, 11) is 0. The fourth-order valence-corrected chi connectivity index (χ4v) is 2.80. The van der Waals surface area contributed by atoms with Crippen LogP contribution in [-0.2, 0) is 0 Å². The average molecular weight is 322 g/mol. The molecule has 17 heavy (non-hydrogen) atoms. The number of hydrogen-bond acceptors (Lipinski definition) is 5. The van der Waals surface area contributed by atoms with Gasteiger partial charge in [-0.3, -0.25) is 10.1 Å². The third kappa shape index (κ3) is 3.95. The van der Waals surface area contributed by atoms with Crippen molar-refractivity contribution in [2.24, 2.45) is 0 Å². The molecule has 0 amide bonds. The Balaban J connectivity index is 2.88. The molecular formula is C10H12BrNO4S. The molecule has 0 aliphatic carbocycles. The number of benzene rings is 1. The van der Waals surface area contributed by atoms with Gasteiger partial charge in [0.05, 0.1) is 17.6 Å². The summed E-state index contributed by atoms with van der Waals surface area (Å²) in [6.45, 7) is 1.37. The summed E-state index contributed by atoms with van der Waals surface area (Å²) < 4.78 is 0.616. The Morgan fingerprint density at radius 2 is 2.24 bits per heavy atom. The van der Waals surface area contributed by atoms with Gasteiger partial charge in [0.25, 0.3) is 5.69 Å². The lowest BCUT2D eigenvalue weighted by molar-refractivity contribution is -0.385. The predicted octanol–water partition coefficient (Wildman–Crippen LogP) is 2.11. The molecule has 0 aromatic heterocycles. The first-order valence-electron chi connectivity index (χ1n) is 4.82. The molecule has 0 saturated heterocycles. The van der Waals surface area contributed by atoms with Gasteiger partial charge in [-0.2, -0.15) is 0 Å². The summed E-state index contributed by atoms with van der Waals surface area (Å²) in [5.41, 5.74) is 0.628. The second kappa shape index (κ2) is 6.34. The van der Waals surface area contributed by atoms with Crippen LogP contribution in [0.4, 0.5) is 5.69 Å². The van der Waals surface area contributed by atoms with Crippen LogP contribution in [0.5, 0.6) is 0 Å². The average Bonchev–Trinajstić information content (AvgIpc) is 2.28. The summed E-state index contributed by atoms with van der Waals surface area (Å²) in [6, 6.07) is 3.14. The van der Waals surface area contributed by atoms with E-state index in [-0.39, 0.29) is 12.3 Å². The number of halogens is 1. The molecule has 0 spiro atoms. The number of hydrogen-bond donors (Lipinski definition) is 2. The van der Waals surface area contributed by atoms with E-state index in [0.29, 0.717) is 15.8 Å². The minimum atomic E-state index is -0.789. The van der Waals surface area contributed by atoms with E-state index < -0.39 is 11.0 Å². The zero-order valence-electron chi connectivity index (χ0n) is 9.09. The molecule has 0 saturated carbocycles. The van der Waals surface area contributed by atoms with E-state index in [0.717, 1.165) is 4.90 Å². The Hall–Kier alpha value is -0.630. The second-order valence-corrected chi connectivity index (χ2v) is 5.39. The van der Waals surface area contributed by atoms with Crippen LogP contribution >= 0.6 is 27.7 Å². The maximum absolute atomic E-state index is 10.7. The van der Waals surface area contributed by atoms with Crippen molar-refractivity contribution in [2.75, 3.05) is 12.4 Å². The summed E-state index contributed by atoms with van der Waals surface area (Å²) in [5, 5.41) is 28.6. The van der Waals surface area contributed by atoms with Gasteiger partial charge in [0.2, 0.25) is 0 Å². The summed E-state index contributed by atoms with van der Waals surface area (Å²) in [5.74, 6) is 0.340. The van der Waals surface area contributed by atoms with Crippen LogP contribution in [-0.4, -0.2) is 33.6 Å². The van der Waals surface area contributed by atoms with Crippen molar-refractivity contribution in [2.45, 2.75) is 17.9 Å². The minimum absolute atomic E-state index is 0.0592. The van der Waals surface area contributed by atoms with E-state index in [1.165, 1.54) is 17.8 Å². The van der Waals surface area contributed by atoms with E-state index in [9.17, 15) is 15.2 Å². The minimum Gasteiger partial charge on any atom is -0.394 e. The monoisotopic (exact) mass is 321 g/mol. The van der Waals surface area contributed by atoms with Gasteiger partial charge in [0.1, 0.15) is 0 Å². The molecule has 2 N–H and O–H groups in total. The Morgan fingerprint density at radius 1 is 1.59 bits per heavy atom. The SMILES string of the molecule is Cc1cc(SCC(O)CO)c(Br)cc1[N+](=O)[O-]. The summed E-state index contributed by atoms with van der Waals surface area (Å²) in [6.07, 6.45) is -0.789. The highest BCUT2D eigenvalue weighted by Gasteiger charge is 2.15. The van der Waals surface area contributed by atoms with Crippen LogP contribution in [0, 0.1) is 17.0 Å². The van der Waals surface area contributed by atoms with Crippen molar-refractivity contribution in [1.29, 1.82) is 0 Å². The highest BCUT2D eigenvalue weighted by molar-refractivity contribution is 9.10. The van der Waals surface area contributed by atoms with Gasteiger partial charge in [-0.05, 0) is 28.9 Å². The van der Waals surface area contributed by atoms with Crippen LogP contribution in [0.15, 0.2) is 21.5 Å². The Morgan fingerprint density at radius 3 is 2.76 bits per heavy atom. The smallest absolute Gasteiger partial charge is 0.273 e. The summed E-state index contributed by atoms with van der Waals surface area (Å²) in [4.78, 5) is 11.1. The van der Waals surface area contributed by atoms with Gasteiger partial charge in [-0.15, -0.1) is 11.8 Å². The van der Waals surface area contributed by atoms with Crippen molar-refractivity contribution in [3.8, 4) is 0 Å². The standard InChI is InChI=1S/C10H12BrNO4S/c1-6-2-10(17-5-7(14)4-13)8(11)3-9(6)12(15)16/h2-3,7,13-14H,4-5H2,1H3. The molecule has 0 radical (unpaired) electrons. The molecule has 0 heterocycles. The van der Waals surface area contributed by atoms with E-state index in [2.05, 4.69) is 15.9 Å². The van der Waals surface area contributed by atoms with Crippen molar-refractivity contribution >= 4 is 33.4 Å². The van der Waals surface area contributed by atoms with Crippen LogP contribution in [0.2, 0.25) is 0 Å². The molecule has 94 valence electrons. The number of nitro groups is 1. The highest BCUT2D eigenvalue weighted by atomic mass is 79.9. The Bertz CT molecular complexity index is 427. The lowest BCUT2D eigenvalue weighted by Crippen LogP contribution is -2.14. The van der Waals surface area contributed by atoms with Crippen molar-refractivity contribution in [1.82, 2.24) is 0 Å². The molecule has 1 aromatic carbocycles. The van der Waals surface area contributed by atoms with Crippen molar-refractivity contribution in [3.63, 3.8) is 0 Å². The van der Waals surface area contributed by atoms with E-state index in [4.69, 9.17) is 5.11 Å². The van der Waals surface area contributed by atoms with Crippen LogP contribution in [0.1, 0.15) is 5.56 Å². The number of aliphatic hydroxyl groups excluding tert-OH is 2. The molecule has 0 aliphatic heterocycles. The molecular weight excluding hydrogens is 310 g/mol. The van der Waals surface area contributed by atoms with Crippen molar-refractivity contribution in [3.05, 3.63) is 32.3 Å². The third-order valence-electron chi connectivity index (χ3n) is 2.09. The van der Waals surface area contributed by atoms with Gasteiger partial charge < -0.3 is 10.2 Å². The fourth-order valence-electron chi connectivity index (χ4n) is 1.19. The van der Waals surface area contributed by atoms with Gasteiger partial charge in [-0.1, -0.05) is 0 Å². The first kappa shape index (κ1) is 14.4. The number of thioether (sulfide) groups is 1. The van der Waals surface area contributed by atoms with E-state index >= 15 is 0 Å². The normalized spacial score (nSPS) is 12.5. The molecule has 0 aliphatic rings. The number of nitro benzene ring substituents is 1. The molecule has 1 unspecified atom stereocenters. The maximum Gasteiger partial charge on any atom is 0.273 e. The number of aryl methyl sites for hydroxylation is 1. The van der Waals surface area contributed by atoms with Crippen LogP contribution in [0.25, 0.3) is 0 Å². The quantitative estimate of drug-likeness (QED) is 0.493. The van der Waals surface area contributed by atoms with Gasteiger partial charge in [0, 0.05) is 26.8 Å². The van der Waals surface area contributed by atoms with Crippen LogP contribution in [0.3, 0.4) is 0 Å². The fraction of sp³-hybridized carbons (Fsp3) is 0.400. The van der Waals surface area contributed by atoms with Crippen LogP contribution < -0.4 is 0 Å². The highest BCUT2D eigenvalue weighted by Crippen LogP contribution is 2.33. The number of rotatable bonds is 5. The molecule has 1 rings (SSSR count). The van der Waals surface area contributed by atoms with Gasteiger partial charge in [0.15, 0.2) is 0 Å². The topological polar surface area (TPSA) is 83.6 Å². The largest absolute Gasteiger partial charge is 0.394 e. The van der Waals surface area contributed by atoms with Gasteiger partial charge >= 0.3 is 0 Å². The zero-order valence-corrected chi connectivity index (χ0v) is 11.5. The lowest BCUT2D eigenvalue weighted by atomic mass is 10.2. The summed E-state index contributed by atoms with van der Waals surface area (Å²) >= 11 is 4.59. The third-order valence-corrected chi connectivity index (χ3v) is 4.21. The number of aliphatic hydroxyl groups is 2.